The highest BCUT2D eigenvalue weighted by Crippen LogP contribution is 2.46. The average molecular weight is 751 g/mol. The number of halogens is 3. The van der Waals surface area contributed by atoms with Gasteiger partial charge in [-0.3, -0.25) is 19.4 Å². The third kappa shape index (κ3) is 6.31. The number of rotatable bonds is 9. The van der Waals surface area contributed by atoms with Crippen LogP contribution in [0.4, 0.5) is 10.1 Å². The van der Waals surface area contributed by atoms with E-state index in [4.69, 9.17) is 37.7 Å². The number of nitrogens with one attached hydrogen (secondary N) is 1. The Morgan fingerprint density at radius 2 is 1.81 bits per heavy atom. The van der Waals surface area contributed by atoms with Gasteiger partial charge in [-0.15, -0.1) is 0 Å². The summed E-state index contributed by atoms with van der Waals surface area (Å²) in [6.07, 6.45) is 2.09. The molecule has 52 heavy (non-hydrogen) atoms. The van der Waals surface area contributed by atoms with Crippen LogP contribution < -0.4 is 14.8 Å². The Bertz CT molecular complexity index is 2080. The molecule has 2 aliphatic heterocycles. The highest BCUT2D eigenvalue weighted by Gasteiger charge is 2.38. The van der Waals surface area contributed by atoms with E-state index in [9.17, 15) is 14.7 Å². The van der Waals surface area contributed by atoms with Gasteiger partial charge in [-0.05, 0) is 75.5 Å². The van der Waals surface area contributed by atoms with E-state index < -0.39 is 23.8 Å². The fourth-order valence-corrected chi connectivity index (χ4v) is 8.43. The fourth-order valence-electron chi connectivity index (χ4n) is 7.89. The van der Waals surface area contributed by atoms with E-state index in [-0.39, 0.29) is 28.0 Å². The number of ether oxygens (including phenoxy) is 2. The number of benzene rings is 3. The minimum Gasteiger partial charge on any atom is -0.493 e. The zero-order valence-corrected chi connectivity index (χ0v) is 31.4. The van der Waals surface area contributed by atoms with Crippen LogP contribution in [-0.4, -0.2) is 70.1 Å². The average Bonchev–Trinajstić information content (AvgIpc) is 3.84. The molecule has 13 heteroatoms. The predicted molar refractivity (Wildman–Crippen MR) is 198 cm³/mol. The van der Waals surface area contributed by atoms with Gasteiger partial charge in [0.1, 0.15) is 6.10 Å². The number of hydrogen-bond acceptors (Lipinski definition) is 7. The molecular formula is C39H42Cl2FN5O5. The molecule has 1 fully saturated rings. The molecule has 4 aromatic rings. The molecule has 2 N–H and O–H groups in total. The minimum absolute atomic E-state index is 0.0255. The normalized spacial score (nSPS) is 19.7. The standard InChI is InChI=1S/C39H42Cl2FN5O5/c1-39(2)35-29(15-16-45(39)3)46(4)36(44-35)37(48)43-28-11-7-10-26(31(28)41)23-8-6-9-25-24(23)12-13-30(25)52-34-27(40)18-22(33(51-5)32(34)42)20-47-17-14-21(19-47)38(49)50/h6-11,18,21,30H,12-17,19-20H2,1-5H3,(H,43,48)(H,49,50). The third-order valence-electron chi connectivity index (χ3n) is 11.1. The van der Waals surface area contributed by atoms with Gasteiger partial charge in [0.25, 0.3) is 5.91 Å². The molecule has 1 saturated heterocycles. The van der Waals surface area contributed by atoms with E-state index in [1.165, 1.54) is 7.11 Å². The van der Waals surface area contributed by atoms with Crippen molar-refractivity contribution in [2.75, 3.05) is 39.1 Å². The van der Waals surface area contributed by atoms with Crippen molar-refractivity contribution in [2.24, 2.45) is 13.0 Å². The van der Waals surface area contributed by atoms with Gasteiger partial charge in [-0.1, -0.05) is 53.5 Å². The first-order valence-electron chi connectivity index (χ1n) is 17.5. The van der Waals surface area contributed by atoms with Crippen molar-refractivity contribution in [2.45, 2.75) is 57.7 Å². The quantitative estimate of drug-likeness (QED) is 0.181. The fraction of sp³-hybridized carbons (Fsp3) is 0.410. The topological polar surface area (TPSA) is 109 Å². The Hall–Kier alpha value is -4.16. The second-order valence-electron chi connectivity index (χ2n) is 14.4. The molecule has 0 spiro atoms. The number of aromatic nitrogens is 2. The molecule has 0 saturated carbocycles. The van der Waals surface area contributed by atoms with Crippen LogP contribution in [0, 0.1) is 11.7 Å². The molecule has 0 bridgehead atoms. The number of amides is 1. The Labute approximate surface area is 312 Å². The van der Waals surface area contributed by atoms with Crippen LogP contribution in [0.2, 0.25) is 10.0 Å². The summed E-state index contributed by atoms with van der Waals surface area (Å²) in [4.78, 5) is 34.1. The lowest BCUT2D eigenvalue weighted by molar-refractivity contribution is -0.141. The molecule has 1 aromatic heterocycles. The van der Waals surface area contributed by atoms with E-state index in [0.29, 0.717) is 61.0 Å². The molecule has 3 aliphatic rings. The van der Waals surface area contributed by atoms with Gasteiger partial charge in [0, 0.05) is 49.9 Å². The predicted octanol–water partition coefficient (Wildman–Crippen LogP) is 7.49. The van der Waals surface area contributed by atoms with E-state index in [2.05, 4.69) is 31.1 Å². The minimum atomic E-state index is -0.833. The van der Waals surface area contributed by atoms with Gasteiger partial charge in [-0.2, -0.15) is 4.39 Å². The van der Waals surface area contributed by atoms with Crippen LogP contribution >= 0.6 is 23.2 Å². The molecule has 0 radical (unpaired) electrons. The number of imidazole rings is 1. The molecule has 1 aliphatic carbocycles. The van der Waals surface area contributed by atoms with Crippen LogP contribution in [-0.2, 0) is 36.8 Å². The molecule has 7 rings (SSSR count). The van der Waals surface area contributed by atoms with Crippen LogP contribution in [0.3, 0.4) is 0 Å². The van der Waals surface area contributed by atoms with Gasteiger partial charge in [0.2, 0.25) is 5.82 Å². The van der Waals surface area contributed by atoms with Crippen molar-refractivity contribution in [3.05, 3.63) is 92.2 Å². The van der Waals surface area contributed by atoms with Crippen LogP contribution in [0.1, 0.15) is 71.5 Å². The number of anilines is 1. The van der Waals surface area contributed by atoms with Gasteiger partial charge in [0.15, 0.2) is 17.3 Å². The first kappa shape index (κ1) is 36.2. The molecule has 10 nitrogen and oxygen atoms in total. The van der Waals surface area contributed by atoms with Gasteiger partial charge < -0.3 is 24.5 Å². The Balaban J connectivity index is 1.12. The van der Waals surface area contributed by atoms with E-state index >= 15 is 4.39 Å². The molecule has 274 valence electrons. The smallest absolute Gasteiger partial charge is 0.307 e. The largest absolute Gasteiger partial charge is 0.493 e. The highest BCUT2D eigenvalue weighted by atomic mass is 35.5. The Morgan fingerprint density at radius 1 is 1.06 bits per heavy atom. The number of methoxy groups -OCH3 is 1. The number of hydrogen-bond donors (Lipinski definition) is 2. The van der Waals surface area contributed by atoms with Crippen molar-refractivity contribution in [1.29, 1.82) is 0 Å². The summed E-state index contributed by atoms with van der Waals surface area (Å²) in [6, 6.07) is 13.0. The summed E-state index contributed by atoms with van der Waals surface area (Å²) in [5, 5.41) is 12.9. The maximum atomic E-state index is 16.0. The van der Waals surface area contributed by atoms with Crippen molar-refractivity contribution in [1.82, 2.24) is 19.4 Å². The Kier molecular flexibility index (Phi) is 9.75. The number of fused-ring (bicyclic) bond motifs is 2. The first-order chi connectivity index (χ1) is 24.8. The summed E-state index contributed by atoms with van der Waals surface area (Å²) in [6.45, 7) is 6.37. The van der Waals surface area contributed by atoms with Gasteiger partial charge in [0.05, 0.1) is 40.0 Å². The summed E-state index contributed by atoms with van der Waals surface area (Å²) in [7, 11) is 5.34. The van der Waals surface area contributed by atoms with Gasteiger partial charge >= 0.3 is 5.97 Å². The monoisotopic (exact) mass is 749 g/mol. The molecule has 2 atom stereocenters. The SMILES string of the molecule is COc1c(CN2CCC(C(=O)O)C2)cc(Cl)c(OC2CCc3c(-c4cccc(NC(=O)c5nc6c(n5C)CCN(C)C6(C)C)c4Cl)cccc32)c1F. The van der Waals surface area contributed by atoms with E-state index in [1.807, 2.05) is 46.8 Å². The van der Waals surface area contributed by atoms with Crippen molar-refractivity contribution >= 4 is 40.8 Å². The zero-order chi connectivity index (χ0) is 37.1. The lowest BCUT2D eigenvalue weighted by atomic mass is 9.91. The molecule has 1 amide bonds. The lowest BCUT2D eigenvalue weighted by Gasteiger charge is -2.38. The summed E-state index contributed by atoms with van der Waals surface area (Å²) < 4.78 is 29.7. The first-order valence-corrected chi connectivity index (χ1v) is 18.2. The van der Waals surface area contributed by atoms with E-state index in [1.54, 1.807) is 12.1 Å². The zero-order valence-electron chi connectivity index (χ0n) is 29.9. The highest BCUT2D eigenvalue weighted by molar-refractivity contribution is 6.36. The number of aliphatic carboxylic acids is 1. The number of carbonyl (C=O) groups excluding carboxylic acids is 1. The Morgan fingerprint density at radius 3 is 2.54 bits per heavy atom. The molecule has 3 heterocycles. The number of likely N-dealkylation sites (N-methyl/N-ethyl adjacent to an activating group) is 1. The molecular weight excluding hydrogens is 708 g/mol. The number of carbonyl (C=O) groups is 2. The van der Waals surface area contributed by atoms with Crippen LogP contribution in [0.25, 0.3) is 11.1 Å². The maximum Gasteiger partial charge on any atom is 0.307 e. The second kappa shape index (κ2) is 14.0. The number of nitrogens with zero attached hydrogens (tertiary/aromatic N) is 4. The molecule has 2 unspecified atom stereocenters. The lowest BCUT2D eigenvalue weighted by Crippen LogP contribution is -2.44. The second-order valence-corrected chi connectivity index (χ2v) is 15.2. The maximum absolute atomic E-state index is 16.0. The summed E-state index contributed by atoms with van der Waals surface area (Å²) in [5.41, 5.74) is 6.21. The van der Waals surface area contributed by atoms with Gasteiger partial charge in [-0.25, -0.2) is 4.98 Å². The third-order valence-corrected chi connectivity index (χ3v) is 11.8. The van der Waals surface area contributed by atoms with E-state index in [0.717, 1.165) is 46.6 Å². The molecule has 3 aromatic carbocycles. The number of likely N-dealkylation sites (tertiary alicyclic amines) is 1. The van der Waals surface area contributed by atoms with Crippen LogP contribution in [0.15, 0.2) is 42.5 Å². The van der Waals surface area contributed by atoms with Crippen LogP contribution in [0.5, 0.6) is 11.5 Å². The summed E-state index contributed by atoms with van der Waals surface area (Å²) >= 11 is 13.7. The number of carboxylic acid groups (broad SMARTS) is 1. The van der Waals surface area contributed by atoms with Crippen molar-refractivity contribution < 1.29 is 28.6 Å². The summed E-state index contributed by atoms with van der Waals surface area (Å²) in [5.74, 6) is -2.06. The van der Waals surface area contributed by atoms with Crippen molar-refractivity contribution in [3.8, 4) is 22.6 Å². The number of carboxylic acids is 1. The van der Waals surface area contributed by atoms with Crippen molar-refractivity contribution in [3.63, 3.8) is 0 Å².